The molecular weight excluding hydrogens is 402 g/mol. The second-order valence-electron chi connectivity index (χ2n) is 9.47. The number of nitrogens with zero attached hydrogens (tertiary/aromatic N) is 2. The largest absolute Gasteiger partial charge is 0.465 e. The van der Waals surface area contributed by atoms with Crippen molar-refractivity contribution in [3.63, 3.8) is 0 Å². The summed E-state index contributed by atoms with van der Waals surface area (Å²) in [7, 11) is 1.42. The van der Waals surface area contributed by atoms with Crippen LogP contribution in [0.25, 0.3) is 0 Å². The lowest BCUT2D eigenvalue weighted by Crippen LogP contribution is -2.60. The monoisotopic (exact) mass is 433 g/mol. The van der Waals surface area contributed by atoms with Crippen LogP contribution in [0.2, 0.25) is 0 Å². The van der Waals surface area contributed by atoms with Crippen LogP contribution in [0.1, 0.15) is 47.3 Å². The number of thiophene rings is 1. The molecule has 6 rings (SSSR count). The van der Waals surface area contributed by atoms with Gasteiger partial charge in [0.05, 0.1) is 12.7 Å². The molecule has 7 heteroatoms. The zero-order valence-electron chi connectivity index (χ0n) is 17.4. The summed E-state index contributed by atoms with van der Waals surface area (Å²) >= 11 is 7.25. The Morgan fingerprint density at radius 2 is 1.72 bits per heavy atom. The van der Waals surface area contributed by atoms with E-state index >= 15 is 0 Å². The lowest BCUT2D eigenvalue weighted by molar-refractivity contribution is -0.0726. The minimum atomic E-state index is -0.314. The van der Waals surface area contributed by atoms with E-state index in [-0.39, 0.29) is 5.97 Å². The van der Waals surface area contributed by atoms with Crippen LogP contribution in [-0.2, 0) is 4.74 Å². The van der Waals surface area contributed by atoms with Crippen molar-refractivity contribution >= 4 is 39.6 Å². The van der Waals surface area contributed by atoms with Crippen LogP contribution in [-0.4, -0.2) is 60.2 Å². The molecule has 5 nitrogen and oxygen atoms in total. The quantitative estimate of drug-likeness (QED) is 0.575. The maximum absolute atomic E-state index is 12.0. The standard InChI is InChI=1S/C22H31N3O2S2/c1-13-7-18(21(26)27-2)20(29-13)23-22(28)25-5-3-24(4-6-25)19-16-9-14-8-15(11-16)12-17(19)10-14/h7,14-17,19H,3-6,8-12H2,1-2H3,(H,23,28). The summed E-state index contributed by atoms with van der Waals surface area (Å²) in [6.07, 6.45) is 7.43. The zero-order chi connectivity index (χ0) is 20.1. The van der Waals surface area contributed by atoms with Crippen molar-refractivity contribution < 1.29 is 9.53 Å². The molecule has 4 aliphatic carbocycles. The number of carbonyl (C=O) groups excluding carboxylic acids is 1. The molecule has 29 heavy (non-hydrogen) atoms. The molecule has 0 atom stereocenters. The molecule has 0 aromatic carbocycles. The van der Waals surface area contributed by atoms with Gasteiger partial charge in [0.25, 0.3) is 0 Å². The molecular formula is C22H31N3O2S2. The number of piperazine rings is 1. The Labute approximate surface area is 182 Å². The highest BCUT2D eigenvalue weighted by Gasteiger charge is 2.50. The van der Waals surface area contributed by atoms with E-state index < -0.39 is 0 Å². The van der Waals surface area contributed by atoms with E-state index in [4.69, 9.17) is 17.0 Å². The molecule has 0 unspecified atom stereocenters. The normalized spacial score (nSPS) is 33.7. The summed E-state index contributed by atoms with van der Waals surface area (Å²) in [5.74, 6) is 3.64. The van der Waals surface area contributed by atoms with Crippen molar-refractivity contribution in [2.24, 2.45) is 23.7 Å². The molecule has 1 aromatic heterocycles. The first-order valence-corrected chi connectivity index (χ1v) is 12.2. The number of carbonyl (C=O) groups is 1. The van der Waals surface area contributed by atoms with Gasteiger partial charge in [0.2, 0.25) is 0 Å². The van der Waals surface area contributed by atoms with Crippen LogP contribution in [0.5, 0.6) is 0 Å². The van der Waals surface area contributed by atoms with Crippen molar-refractivity contribution in [3.05, 3.63) is 16.5 Å². The van der Waals surface area contributed by atoms with Gasteiger partial charge in [-0.2, -0.15) is 0 Å². The van der Waals surface area contributed by atoms with Gasteiger partial charge in [-0.3, -0.25) is 4.90 Å². The van der Waals surface area contributed by atoms with Gasteiger partial charge in [-0.15, -0.1) is 11.3 Å². The fourth-order valence-electron chi connectivity index (χ4n) is 6.76. The molecule has 0 radical (unpaired) electrons. The highest BCUT2D eigenvalue weighted by molar-refractivity contribution is 7.80. The number of esters is 1. The van der Waals surface area contributed by atoms with Gasteiger partial charge in [-0.05, 0) is 81.0 Å². The van der Waals surface area contributed by atoms with E-state index in [1.807, 2.05) is 13.0 Å². The summed E-state index contributed by atoms with van der Waals surface area (Å²) in [6, 6.07) is 2.68. The zero-order valence-corrected chi connectivity index (χ0v) is 19.0. The number of rotatable bonds is 3. The van der Waals surface area contributed by atoms with Crippen LogP contribution in [0.3, 0.4) is 0 Å². The average Bonchev–Trinajstić information content (AvgIpc) is 3.07. The predicted molar refractivity (Wildman–Crippen MR) is 121 cm³/mol. The van der Waals surface area contributed by atoms with Crippen molar-refractivity contribution in [1.29, 1.82) is 0 Å². The van der Waals surface area contributed by atoms with Gasteiger partial charge in [0.1, 0.15) is 5.00 Å². The fraction of sp³-hybridized carbons (Fsp3) is 0.727. The van der Waals surface area contributed by atoms with Crippen molar-refractivity contribution in [2.75, 3.05) is 38.6 Å². The number of hydrogen-bond acceptors (Lipinski definition) is 5. The first-order chi connectivity index (χ1) is 14.0. The number of anilines is 1. The minimum Gasteiger partial charge on any atom is -0.465 e. The molecule has 1 saturated heterocycles. The molecule has 5 aliphatic rings. The lowest BCUT2D eigenvalue weighted by Gasteiger charge is -2.58. The Morgan fingerprint density at radius 1 is 1.10 bits per heavy atom. The van der Waals surface area contributed by atoms with Crippen molar-refractivity contribution in [1.82, 2.24) is 9.80 Å². The summed E-state index contributed by atoms with van der Waals surface area (Å²) in [6.45, 7) is 6.12. The van der Waals surface area contributed by atoms with Gasteiger partial charge in [0.15, 0.2) is 5.11 Å². The number of ether oxygens (including phenoxy) is 1. The molecule has 5 fully saturated rings. The smallest absolute Gasteiger partial charge is 0.340 e. The topological polar surface area (TPSA) is 44.8 Å². The first-order valence-electron chi connectivity index (χ1n) is 11.0. The predicted octanol–water partition coefficient (Wildman–Crippen LogP) is 3.98. The van der Waals surface area contributed by atoms with Crippen LogP contribution in [0, 0.1) is 30.6 Å². The van der Waals surface area contributed by atoms with Crippen molar-refractivity contribution in [3.8, 4) is 0 Å². The van der Waals surface area contributed by atoms with E-state index in [9.17, 15) is 4.79 Å². The molecule has 1 aliphatic heterocycles. The van der Waals surface area contributed by atoms with Crippen molar-refractivity contribution in [2.45, 2.75) is 45.1 Å². The number of nitrogens with one attached hydrogen (secondary N) is 1. The van der Waals surface area contributed by atoms with Gasteiger partial charge < -0.3 is 15.0 Å². The Kier molecular flexibility index (Phi) is 5.33. The number of methoxy groups -OCH3 is 1. The highest BCUT2D eigenvalue weighted by atomic mass is 32.1. The van der Waals surface area contributed by atoms with Gasteiger partial charge in [-0.25, -0.2) is 4.79 Å². The summed E-state index contributed by atoms with van der Waals surface area (Å²) in [5.41, 5.74) is 0.574. The Bertz CT molecular complexity index is 772. The molecule has 1 aromatic rings. The van der Waals surface area contributed by atoms with E-state index in [1.165, 1.54) is 39.2 Å². The SMILES string of the molecule is COC(=O)c1cc(C)sc1NC(=S)N1CCN(C2C3CC4CC(C3)CC2C4)CC1. The summed E-state index contributed by atoms with van der Waals surface area (Å²) < 4.78 is 4.91. The molecule has 0 amide bonds. The second kappa shape index (κ2) is 7.82. The lowest BCUT2D eigenvalue weighted by atomic mass is 9.54. The van der Waals surface area contributed by atoms with Gasteiger partial charge in [-0.1, -0.05) is 0 Å². The minimum absolute atomic E-state index is 0.314. The molecule has 4 bridgehead atoms. The van der Waals surface area contributed by atoms with Crippen LogP contribution in [0.4, 0.5) is 5.00 Å². The fourth-order valence-corrected chi connectivity index (χ4v) is 8.01. The van der Waals surface area contributed by atoms with E-state index in [0.29, 0.717) is 5.56 Å². The number of aryl methyl sites for hydroxylation is 1. The maximum Gasteiger partial charge on any atom is 0.340 e. The molecule has 0 spiro atoms. The van der Waals surface area contributed by atoms with Crippen LogP contribution < -0.4 is 5.32 Å². The Morgan fingerprint density at radius 3 is 2.31 bits per heavy atom. The van der Waals surface area contributed by atoms with Gasteiger partial charge >= 0.3 is 5.97 Å². The van der Waals surface area contributed by atoms with E-state index in [2.05, 4.69) is 15.1 Å². The summed E-state index contributed by atoms with van der Waals surface area (Å²) in [4.78, 5) is 18.1. The maximum atomic E-state index is 12.0. The van der Waals surface area contributed by atoms with Crippen LogP contribution in [0.15, 0.2) is 6.07 Å². The molecule has 2 heterocycles. The molecule has 4 saturated carbocycles. The molecule has 1 N–H and O–H groups in total. The first kappa shape index (κ1) is 19.8. The Hall–Kier alpha value is -1.18. The third-order valence-corrected chi connectivity index (χ3v) is 9.01. The Balaban J connectivity index is 1.19. The number of hydrogen-bond donors (Lipinski definition) is 1. The van der Waals surface area contributed by atoms with Gasteiger partial charge in [0, 0.05) is 37.1 Å². The highest BCUT2D eigenvalue weighted by Crippen LogP contribution is 2.55. The third kappa shape index (κ3) is 3.70. The number of thiocarbonyl (C=S) groups is 1. The average molecular weight is 434 g/mol. The summed E-state index contributed by atoms with van der Waals surface area (Å²) in [5, 5.41) is 4.84. The van der Waals surface area contributed by atoms with Crippen LogP contribution >= 0.6 is 23.6 Å². The molecule has 158 valence electrons. The van der Waals surface area contributed by atoms with E-state index in [1.54, 1.807) is 11.3 Å². The van der Waals surface area contributed by atoms with E-state index in [0.717, 1.165) is 70.9 Å². The second-order valence-corrected chi connectivity index (χ2v) is 11.1. The third-order valence-electron chi connectivity index (χ3n) is 7.68.